The van der Waals surface area contributed by atoms with Crippen molar-refractivity contribution in [1.82, 2.24) is 0 Å². The van der Waals surface area contributed by atoms with Gasteiger partial charge in [0.05, 0.1) is 0 Å². The van der Waals surface area contributed by atoms with E-state index in [1.165, 1.54) is 12.8 Å². The molecule has 158 valence electrons. The molecule has 3 aromatic carbocycles. The van der Waals surface area contributed by atoms with Crippen LogP contribution in [0.1, 0.15) is 43.9 Å². The van der Waals surface area contributed by atoms with Crippen LogP contribution in [0.25, 0.3) is 0 Å². The first kappa shape index (κ1) is 22.5. The smallest absolute Gasteiger partial charge is 0.171 e. The topological polar surface area (TPSA) is 77.5 Å². The second-order valence-corrected chi connectivity index (χ2v) is 9.82. The van der Waals surface area contributed by atoms with E-state index in [4.69, 9.17) is 4.74 Å². The lowest BCUT2D eigenvalue weighted by Gasteiger charge is -2.20. The molecule has 0 amide bonds. The fourth-order valence-electron chi connectivity index (χ4n) is 3.25. The van der Waals surface area contributed by atoms with Crippen molar-refractivity contribution < 1.29 is 23.7 Å². The monoisotopic (exact) mass is 434 g/mol. The van der Waals surface area contributed by atoms with Crippen LogP contribution in [0.3, 0.4) is 0 Å². The van der Waals surface area contributed by atoms with Crippen LogP contribution in [-0.4, -0.2) is 32.1 Å². The van der Waals surface area contributed by atoms with Crippen molar-refractivity contribution in [2.45, 2.75) is 12.8 Å². The van der Waals surface area contributed by atoms with Gasteiger partial charge in [-0.2, -0.15) is 0 Å². The van der Waals surface area contributed by atoms with E-state index in [0.717, 1.165) is 32.1 Å². The van der Waals surface area contributed by atoms with Gasteiger partial charge in [0.15, 0.2) is 7.14 Å². The van der Waals surface area contributed by atoms with Crippen molar-refractivity contribution in [3.8, 4) is 0 Å². The molecule has 31 heavy (non-hydrogen) atoms. The molecule has 0 radical (unpaired) electrons. The Morgan fingerprint density at radius 3 is 1.03 bits per heavy atom. The molecule has 1 aliphatic rings. The maximum Gasteiger partial charge on any atom is 0.171 e. The third-order valence-corrected chi connectivity index (χ3v) is 8.08. The number of rotatable bonds is 6. The summed E-state index contributed by atoms with van der Waals surface area (Å²) < 4.78 is 19.1. The van der Waals surface area contributed by atoms with Gasteiger partial charge in [-0.1, -0.05) is 72.8 Å². The molecule has 0 unspecified atom stereocenters. The van der Waals surface area contributed by atoms with Gasteiger partial charge in [-0.05, 0) is 12.8 Å². The number of carbonyl (C=O) groups is 3. The van der Waals surface area contributed by atoms with Gasteiger partial charge in [0, 0.05) is 45.8 Å². The average molecular weight is 434 g/mol. The fraction of sp³-hybridized carbons (Fsp3) is 0.160. The summed E-state index contributed by atoms with van der Waals surface area (Å²) in [6.07, 6.45) is 4.74. The quantitative estimate of drug-likeness (QED) is 0.438. The molecule has 0 bridgehead atoms. The van der Waals surface area contributed by atoms with E-state index in [2.05, 4.69) is 0 Å². The summed E-state index contributed by atoms with van der Waals surface area (Å²) in [5.74, 6) is 0. The second-order valence-electron chi connectivity index (χ2n) is 7.06. The summed E-state index contributed by atoms with van der Waals surface area (Å²) in [5, 5.41) is 1.71. The number of benzene rings is 3. The van der Waals surface area contributed by atoms with Crippen LogP contribution < -0.4 is 15.9 Å². The molecule has 3 aromatic rings. The van der Waals surface area contributed by atoms with Gasteiger partial charge < -0.3 is 9.30 Å². The van der Waals surface area contributed by atoms with Crippen molar-refractivity contribution in [2.24, 2.45) is 0 Å². The number of ether oxygens (including phenoxy) is 1. The van der Waals surface area contributed by atoms with Crippen LogP contribution in [0.2, 0.25) is 0 Å². The second kappa shape index (κ2) is 10.8. The molecule has 6 heteroatoms. The van der Waals surface area contributed by atoms with E-state index < -0.39 is 7.14 Å². The van der Waals surface area contributed by atoms with E-state index >= 15 is 0 Å². The van der Waals surface area contributed by atoms with Crippen molar-refractivity contribution in [3.05, 3.63) is 89.5 Å². The van der Waals surface area contributed by atoms with Gasteiger partial charge in [-0.25, -0.2) is 0 Å². The van der Waals surface area contributed by atoms with E-state index in [9.17, 15) is 18.9 Å². The lowest BCUT2D eigenvalue weighted by molar-refractivity contribution is 0.111. The number of carbonyl (C=O) groups excluding carboxylic acids is 3. The van der Waals surface area contributed by atoms with E-state index in [0.29, 0.717) is 32.6 Å². The Balaban J connectivity index is 0.000000478. The van der Waals surface area contributed by atoms with E-state index in [1.54, 1.807) is 72.8 Å². The van der Waals surface area contributed by atoms with Crippen molar-refractivity contribution >= 4 is 41.9 Å². The maximum absolute atomic E-state index is 14.2. The molecule has 1 aliphatic heterocycles. The molecule has 0 N–H and O–H groups in total. The highest BCUT2D eigenvalue weighted by atomic mass is 31.2. The van der Waals surface area contributed by atoms with Gasteiger partial charge >= 0.3 is 0 Å². The number of hydrogen-bond donors (Lipinski definition) is 0. The molecule has 0 saturated carbocycles. The molecule has 5 nitrogen and oxygen atoms in total. The first-order chi connectivity index (χ1) is 15.1. The minimum atomic E-state index is -3.22. The Kier molecular flexibility index (Phi) is 7.82. The van der Waals surface area contributed by atoms with E-state index in [1.807, 2.05) is 0 Å². The van der Waals surface area contributed by atoms with Crippen LogP contribution in [0.15, 0.2) is 72.8 Å². The third kappa shape index (κ3) is 5.32. The van der Waals surface area contributed by atoms with Gasteiger partial charge in [-0.15, -0.1) is 0 Å². The Hall–Kier alpha value is -3.14. The highest BCUT2D eigenvalue weighted by Gasteiger charge is 2.29. The van der Waals surface area contributed by atoms with Crippen molar-refractivity contribution in [3.63, 3.8) is 0 Å². The predicted octanol–water partition coefficient (Wildman–Crippen LogP) is 3.56. The molecule has 0 spiro atoms. The number of aldehydes is 3. The number of hydrogen-bond acceptors (Lipinski definition) is 5. The Bertz CT molecular complexity index is 927. The average Bonchev–Trinajstić information content (AvgIpc) is 3.44. The Labute approximate surface area is 181 Å². The predicted molar refractivity (Wildman–Crippen MR) is 122 cm³/mol. The van der Waals surface area contributed by atoms with Crippen LogP contribution in [0, 0.1) is 0 Å². The molecule has 1 heterocycles. The van der Waals surface area contributed by atoms with Crippen molar-refractivity contribution in [1.29, 1.82) is 0 Å². The molecule has 1 fully saturated rings. The van der Waals surface area contributed by atoms with Crippen LogP contribution in [0.5, 0.6) is 0 Å². The first-order valence-electron chi connectivity index (χ1n) is 9.97. The summed E-state index contributed by atoms with van der Waals surface area (Å²) in [6.45, 7) is 2.00. The molecule has 0 aliphatic carbocycles. The zero-order chi connectivity index (χ0) is 22.1. The van der Waals surface area contributed by atoms with Gasteiger partial charge in [0.1, 0.15) is 18.9 Å². The lowest BCUT2D eigenvalue weighted by Crippen LogP contribution is -2.25. The molecule has 4 rings (SSSR count). The minimum Gasteiger partial charge on any atom is -0.381 e. The van der Waals surface area contributed by atoms with Gasteiger partial charge in [0.2, 0.25) is 0 Å². The molecular formula is C25H23O5P. The Morgan fingerprint density at radius 2 is 0.839 bits per heavy atom. The lowest BCUT2D eigenvalue weighted by atomic mass is 10.2. The largest absolute Gasteiger partial charge is 0.381 e. The van der Waals surface area contributed by atoms with Crippen LogP contribution in [-0.2, 0) is 9.30 Å². The normalized spacial score (nSPS) is 13.0. The highest BCUT2D eigenvalue weighted by Crippen LogP contribution is 2.42. The standard InChI is InChI=1S/C21H15O4P.C4H8O/c22-13-16-1-7-19(8-2-16)26(25,20-9-3-17(14-23)4-10-20)21-11-5-18(15-24)6-12-21;1-2-4-5-3-1/h1-15H;1-4H2. The Morgan fingerprint density at radius 1 is 0.548 bits per heavy atom. The SMILES string of the molecule is C1CCOC1.O=Cc1ccc(P(=O)(c2ccc(C=O)cc2)c2ccc(C=O)cc2)cc1. The van der Waals surface area contributed by atoms with Gasteiger partial charge in [0.25, 0.3) is 0 Å². The summed E-state index contributed by atoms with van der Waals surface area (Å²) in [6, 6.07) is 19.8. The zero-order valence-corrected chi connectivity index (χ0v) is 17.9. The molecular weight excluding hydrogens is 411 g/mol. The molecule has 0 aromatic heterocycles. The van der Waals surface area contributed by atoms with Crippen LogP contribution >= 0.6 is 7.14 Å². The minimum absolute atomic E-state index is 0.493. The molecule has 0 atom stereocenters. The highest BCUT2D eigenvalue weighted by molar-refractivity contribution is 7.85. The zero-order valence-electron chi connectivity index (χ0n) is 17.0. The summed E-state index contributed by atoms with van der Waals surface area (Å²) in [4.78, 5) is 32.7. The fourth-order valence-corrected chi connectivity index (χ4v) is 5.85. The van der Waals surface area contributed by atoms with Crippen molar-refractivity contribution in [2.75, 3.05) is 13.2 Å². The van der Waals surface area contributed by atoms with Gasteiger partial charge in [-0.3, -0.25) is 14.4 Å². The third-order valence-electron chi connectivity index (χ3n) is 5.01. The summed E-state index contributed by atoms with van der Waals surface area (Å²) >= 11 is 0. The first-order valence-corrected chi connectivity index (χ1v) is 11.7. The maximum atomic E-state index is 14.2. The molecule has 1 saturated heterocycles. The van der Waals surface area contributed by atoms with E-state index in [-0.39, 0.29) is 0 Å². The summed E-state index contributed by atoms with van der Waals surface area (Å²) in [7, 11) is -3.22. The van der Waals surface area contributed by atoms with Crippen LogP contribution in [0.4, 0.5) is 0 Å². The summed E-state index contributed by atoms with van der Waals surface area (Å²) in [5.41, 5.74) is 1.48.